The molecule has 120 valence electrons. The number of halogens is 1. The Balaban J connectivity index is 2.86. The summed E-state index contributed by atoms with van der Waals surface area (Å²) in [4.78, 5) is 0. The first kappa shape index (κ1) is 18.0. The zero-order chi connectivity index (χ0) is 15.9. The minimum atomic E-state index is -1.72. The van der Waals surface area contributed by atoms with Gasteiger partial charge in [-0.1, -0.05) is 23.7 Å². The summed E-state index contributed by atoms with van der Waals surface area (Å²) in [5, 5.41) is 12.0. The van der Waals surface area contributed by atoms with Gasteiger partial charge in [-0.3, -0.25) is 0 Å². The Morgan fingerprint density at radius 3 is 2.33 bits per heavy atom. The summed E-state index contributed by atoms with van der Waals surface area (Å²) >= 11 is 6.26. The predicted molar refractivity (Wildman–Crippen MR) is 83.9 cm³/mol. The first-order valence-electron chi connectivity index (χ1n) is 7.01. The molecule has 0 amide bonds. The molecule has 0 bridgehead atoms. The van der Waals surface area contributed by atoms with Crippen molar-refractivity contribution in [1.29, 1.82) is 0 Å². The second kappa shape index (κ2) is 8.44. The smallest absolute Gasteiger partial charge is 0.209 e. The Kier molecular flexibility index (Phi) is 7.25. The normalized spacial score (nSPS) is 15.6. The highest BCUT2D eigenvalue weighted by Crippen LogP contribution is 2.30. The number of para-hydroxylation sites is 2. The highest BCUT2D eigenvalue weighted by molar-refractivity contribution is 6.23. The molecule has 21 heavy (non-hydrogen) atoms. The largest absolute Gasteiger partial charge is 0.495 e. The number of hydrogen-bond donors (Lipinski definition) is 2. The summed E-state index contributed by atoms with van der Waals surface area (Å²) in [6, 6.07) is 6.88. The van der Waals surface area contributed by atoms with E-state index >= 15 is 0 Å². The summed E-state index contributed by atoms with van der Waals surface area (Å²) in [6.45, 7) is 6.17. The van der Waals surface area contributed by atoms with Gasteiger partial charge in [0.2, 0.25) is 11.4 Å². The molecule has 0 aromatic heterocycles. The van der Waals surface area contributed by atoms with Crippen LogP contribution in [-0.4, -0.2) is 42.8 Å². The van der Waals surface area contributed by atoms with Gasteiger partial charge in [0.25, 0.3) is 0 Å². The van der Waals surface area contributed by atoms with E-state index in [-0.39, 0.29) is 0 Å². The topological polar surface area (TPSA) is 60.0 Å². The van der Waals surface area contributed by atoms with E-state index in [1.807, 2.05) is 38.1 Å². The van der Waals surface area contributed by atoms with Crippen molar-refractivity contribution in [1.82, 2.24) is 0 Å². The van der Waals surface area contributed by atoms with Crippen LogP contribution in [0.2, 0.25) is 0 Å². The molecule has 0 aliphatic rings. The Morgan fingerprint density at radius 1 is 1.24 bits per heavy atom. The van der Waals surface area contributed by atoms with Gasteiger partial charge in [0.05, 0.1) is 18.8 Å². The van der Waals surface area contributed by atoms with Gasteiger partial charge in [-0.05, 0) is 32.9 Å². The number of nitrogens with one attached hydrogen (secondary N) is 1. The molecule has 1 aromatic rings. The lowest BCUT2D eigenvalue weighted by atomic mass is 10.1. The zero-order valence-electron chi connectivity index (χ0n) is 12.9. The van der Waals surface area contributed by atoms with E-state index in [9.17, 15) is 5.11 Å². The molecular formula is C15H24ClNO4. The van der Waals surface area contributed by atoms with Gasteiger partial charge in [-0.25, -0.2) is 0 Å². The van der Waals surface area contributed by atoms with Crippen molar-refractivity contribution in [2.45, 2.75) is 38.2 Å². The third kappa shape index (κ3) is 4.74. The number of rotatable bonds is 9. The van der Waals surface area contributed by atoms with Crippen LogP contribution in [0.1, 0.15) is 20.8 Å². The average molecular weight is 318 g/mol. The van der Waals surface area contributed by atoms with Crippen LogP contribution in [0.3, 0.4) is 0 Å². The molecular weight excluding hydrogens is 294 g/mol. The van der Waals surface area contributed by atoms with Crippen molar-refractivity contribution in [3.05, 3.63) is 24.3 Å². The number of ether oxygens (including phenoxy) is 3. The monoisotopic (exact) mass is 317 g/mol. The van der Waals surface area contributed by atoms with Crippen molar-refractivity contribution in [2.75, 3.05) is 25.6 Å². The molecule has 5 nitrogen and oxygen atoms in total. The summed E-state index contributed by atoms with van der Waals surface area (Å²) in [5.74, 6) is 0.668. The Labute approximate surface area is 131 Å². The van der Waals surface area contributed by atoms with Crippen LogP contribution < -0.4 is 10.1 Å². The van der Waals surface area contributed by atoms with Gasteiger partial charge < -0.3 is 24.6 Å². The first-order chi connectivity index (χ1) is 9.97. The molecule has 1 rings (SSSR count). The molecule has 2 unspecified atom stereocenters. The highest BCUT2D eigenvalue weighted by atomic mass is 35.5. The summed E-state index contributed by atoms with van der Waals surface area (Å²) in [5.41, 5.74) is 0.735. The van der Waals surface area contributed by atoms with E-state index in [1.165, 1.54) is 0 Å². The fourth-order valence-corrected chi connectivity index (χ4v) is 2.07. The standard InChI is InChI=1S/C15H24ClNO4/c1-5-20-14(21-6-2)15(16,18)11(3)17-12-9-7-8-10-13(12)19-4/h7-11,14,17-18H,5-6H2,1-4H3. The van der Waals surface area contributed by atoms with E-state index < -0.39 is 17.4 Å². The quantitative estimate of drug-likeness (QED) is 0.542. The minimum absolute atomic E-state index is 0.390. The molecule has 0 aliphatic carbocycles. The van der Waals surface area contributed by atoms with Crippen molar-refractivity contribution < 1.29 is 19.3 Å². The summed E-state index contributed by atoms with van der Waals surface area (Å²) in [7, 11) is 1.58. The van der Waals surface area contributed by atoms with E-state index in [4.69, 9.17) is 25.8 Å². The van der Waals surface area contributed by atoms with Gasteiger partial charge in [0.1, 0.15) is 5.75 Å². The fraction of sp³-hybridized carbons (Fsp3) is 0.600. The molecule has 0 fully saturated rings. The van der Waals surface area contributed by atoms with E-state index in [0.29, 0.717) is 19.0 Å². The Bertz CT molecular complexity index is 422. The number of aliphatic hydroxyl groups is 1. The molecule has 6 heteroatoms. The van der Waals surface area contributed by atoms with Crippen LogP contribution in [0.4, 0.5) is 5.69 Å². The predicted octanol–water partition coefficient (Wildman–Crippen LogP) is 2.82. The molecule has 0 heterocycles. The summed E-state index contributed by atoms with van der Waals surface area (Å²) < 4.78 is 16.0. The second-order valence-electron chi connectivity index (χ2n) is 4.54. The van der Waals surface area contributed by atoms with Crippen LogP contribution in [0.25, 0.3) is 0 Å². The van der Waals surface area contributed by atoms with Crippen LogP contribution in [-0.2, 0) is 9.47 Å². The highest BCUT2D eigenvalue weighted by Gasteiger charge is 2.42. The number of benzene rings is 1. The number of alkyl halides is 1. The molecule has 2 atom stereocenters. The van der Waals surface area contributed by atoms with Gasteiger partial charge in [0, 0.05) is 13.2 Å². The van der Waals surface area contributed by atoms with Crippen LogP contribution >= 0.6 is 11.6 Å². The van der Waals surface area contributed by atoms with E-state index in [1.54, 1.807) is 14.0 Å². The molecule has 2 N–H and O–H groups in total. The summed E-state index contributed by atoms with van der Waals surface area (Å²) in [6.07, 6.45) is -0.925. The lowest BCUT2D eigenvalue weighted by molar-refractivity contribution is -0.208. The molecule has 0 aliphatic heterocycles. The molecule has 0 saturated carbocycles. The second-order valence-corrected chi connectivity index (χ2v) is 5.14. The van der Waals surface area contributed by atoms with Crippen molar-refractivity contribution in [2.24, 2.45) is 0 Å². The maximum Gasteiger partial charge on any atom is 0.209 e. The van der Waals surface area contributed by atoms with Crippen molar-refractivity contribution in [3.8, 4) is 5.75 Å². The maximum absolute atomic E-state index is 10.5. The zero-order valence-corrected chi connectivity index (χ0v) is 13.7. The Morgan fingerprint density at radius 2 is 1.81 bits per heavy atom. The Hall–Kier alpha value is -1.01. The number of methoxy groups -OCH3 is 1. The van der Waals surface area contributed by atoms with E-state index in [0.717, 1.165) is 5.69 Å². The van der Waals surface area contributed by atoms with Crippen LogP contribution in [0.15, 0.2) is 24.3 Å². The minimum Gasteiger partial charge on any atom is -0.495 e. The lowest BCUT2D eigenvalue weighted by Gasteiger charge is -2.35. The van der Waals surface area contributed by atoms with Gasteiger partial charge in [-0.15, -0.1) is 0 Å². The SMILES string of the molecule is CCOC(OCC)C(O)(Cl)C(C)Nc1ccccc1OC. The lowest BCUT2D eigenvalue weighted by Crippen LogP contribution is -2.52. The van der Waals surface area contributed by atoms with E-state index in [2.05, 4.69) is 5.32 Å². The van der Waals surface area contributed by atoms with Crippen molar-refractivity contribution >= 4 is 17.3 Å². The van der Waals surface area contributed by atoms with Crippen LogP contribution in [0, 0.1) is 0 Å². The fourth-order valence-electron chi connectivity index (χ4n) is 1.89. The third-order valence-corrected chi connectivity index (χ3v) is 3.56. The average Bonchev–Trinajstić information content (AvgIpc) is 2.47. The molecule has 1 aromatic carbocycles. The van der Waals surface area contributed by atoms with Crippen LogP contribution in [0.5, 0.6) is 5.75 Å². The first-order valence-corrected chi connectivity index (χ1v) is 7.39. The molecule has 0 spiro atoms. The third-order valence-electron chi connectivity index (χ3n) is 3.05. The molecule has 0 radical (unpaired) electrons. The van der Waals surface area contributed by atoms with Gasteiger partial charge in [0.15, 0.2) is 0 Å². The number of hydrogen-bond acceptors (Lipinski definition) is 5. The number of anilines is 1. The van der Waals surface area contributed by atoms with Gasteiger partial charge in [-0.2, -0.15) is 0 Å². The maximum atomic E-state index is 10.5. The molecule has 0 saturated heterocycles. The van der Waals surface area contributed by atoms with Crippen molar-refractivity contribution in [3.63, 3.8) is 0 Å². The van der Waals surface area contributed by atoms with Gasteiger partial charge >= 0.3 is 0 Å².